The molecule has 1 aromatic heterocycles. The van der Waals surface area contributed by atoms with Gasteiger partial charge in [0.2, 0.25) is 5.91 Å². The van der Waals surface area contributed by atoms with E-state index in [4.69, 9.17) is 23.2 Å². The van der Waals surface area contributed by atoms with Crippen molar-refractivity contribution in [3.05, 3.63) is 116 Å². The third-order valence-corrected chi connectivity index (χ3v) is 10.4. The van der Waals surface area contributed by atoms with Crippen molar-refractivity contribution >= 4 is 80.8 Å². The Kier molecular flexibility index (Phi) is 10.9. The van der Waals surface area contributed by atoms with Gasteiger partial charge in [-0.15, -0.1) is 23.1 Å². The highest BCUT2D eigenvalue weighted by Crippen LogP contribution is 2.39. The first-order valence-electron chi connectivity index (χ1n) is 14.6. The van der Waals surface area contributed by atoms with Crippen LogP contribution < -0.4 is 16.0 Å². The summed E-state index contributed by atoms with van der Waals surface area (Å²) in [6.45, 7) is 3.99. The van der Waals surface area contributed by atoms with Gasteiger partial charge >= 0.3 is 0 Å². The maximum atomic E-state index is 13.5. The Morgan fingerprint density at radius 3 is 2.46 bits per heavy atom. The number of amides is 3. The number of nitrogens with one attached hydrogen (secondary N) is 3. The lowest BCUT2D eigenvalue weighted by molar-refractivity contribution is -0.115. The summed E-state index contributed by atoms with van der Waals surface area (Å²) in [7, 11) is 0. The molecule has 0 aliphatic heterocycles. The van der Waals surface area contributed by atoms with Gasteiger partial charge in [0.15, 0.2) is 0 Å². The fourth-order valence-electron chi connectivity index (χ4n) is 5.01. The van der Waals surface area contributed by atoms with Crippen LogP contribution in [-0.4, -0.2) is 23.0 Å². The third-order valence-electron chi connectivity index (χ3n) is 7.45. The highest BCUT2D eigenvalue weighted by atomic mass is 35.5. The number of halogens is 2. The van der Waals surface area contributed by atoms with Crippen LogP contribution in [0.2, 0.25) is 10.0 Å². The molecule has 2 unspecified atom stereocenters. The zero-order chi connectivity index (χ0) is 32.8. The molecule has 0 fully saturated rings. The van der Waals surface area contributed by atoms with Crippen molar-refractivity contribution < 1.29 is 14.4 Å². The van der Waals surface area contributed by atoms with Gasteiger partial charge in [-0.3, -0.25) is 14.4 Å². The first-order chi connectivity index (χ1) is 22.1. The summed E-state index contributed by atoms with van der Waals surface area (Å²) in [5.41, 5.74) is 2.79. The first kappa shape index (κ1) is 33.3. The van der Waals surface area contributed by atoms with Gasteiger partial charge in [0, 0.05) is 36.6 Å². The summed E-state index contributed by atoms with van der Waals surface area (Å²) in [5.74, 6) is -0.722. The predicted octanol–water partition coefficient (Wildman–Crippen LogP) is 8.58. The molecule has 7 nitrogen and oxygen atoms in total. The van der Waals surface area contributed by atoms with Crippen LogP contribution in [0.15, 0.2) is 83.4 Å². The minimum absolute atomic E-state index is 0.0593. The Morgan fingerprint density at radius 1 is 1.02 bits per heavy atom. The minimum Gasteiger partial charge on any atom is -0.321 e. The molecule has 0 saturated heterocycles. The predicted molar refractivity (Wildman–Crippen MR) is 188 cm³/mol. The molecule has 11 heteroatoms. The Bertz CT molecular complexity index is 1850. The van der Waals surface area contributed by atoms with E-state index >= 15 is 0 Å². The topological polar surface area (TPSA) is 111 Å². The van der Waals surface area contributed by atoms with Crippen LogP contribution in [0.4, 0.5) is 10.7 Å². The molecule has 1 heterocycles. The molecule has 1 aliphatic carbocycles. The van der Waals surface area contributed by atoms with E-state index in [1.54, 1.807) is 73.7 Å². The van der Waals surface area contributed by atoms with Crippen molar-refractivity contribution in [3.63, 3.8) is 0 Å². The molecule has 0 saturated carbocycles. The summed E-state index contributed by atoms with van der Waals surface area (Å²) in [6, 6.07) is 22.8. The lowest BCUT2D eigenvalue weighted by atomic mass is 9.89. The number of rotatable bonds is 9. The van der Waals surface area contributed by atoms with Gasteiger partial charge in [-0.1, -0.05) is 60.5 Å². The normalized spacial score (nSPS) is 14.8. The van der Waals surface area contributed by atoms with E-state index in [9.17, 15) is 19.6 Å². The Labute approximate surface area is 286 Å². The maximum absolute atomic E-state index is 13.5. The van der Waals surface area contributed by atoms with Crippen molar-refractivity contribution in [1.29, 1.82) is 5.26 Å². The fourth-order valence-corrected chi connectivity index (χ4v) is 7.81. The van der Waals surface area contributed by atoms with E-state index in [0.717, 1.165) is 29.7 Å². The minimum atomic E-state index is -0.590. The number of nitrogens with zero attached hydrogens (tertiary/aromatic N) is 1. The average molecular weight is 690 g/mol. The quantitative estimate of drug-likeness (QED) is 0.120. The van der Waals surface area contributed by atoms with Crippen LogP contribution >= 0.6 is 46.3 Å². The lowest BCUT2D eigenvalue weighted by Gasteiger charge is -2.17. The maximum Gasteiger partial charge on any atom is 0.272 e. The van der Waals surface area contributed by atoms with Gasteiger partial charge in [0.05, 0.1) is 10.8 Å². The second-order valence-corrected chi connectivity index (χ2v) is 14.2. The van der Waals surface area contributed by atoms with Crippen LogP contribution in [0.5, 0.6) is 0 Å². The Hall–Kier alpha value is -4.07. The van der Waals surface area contributed by atoms with Crippen LogP contribution in [0.25, 0.3) is 6.08 Å². The molecule has 0 spiro atoms. The van der Waals surface area contributed by atoms with Crippen molar-refractivity contribution in [2.24, 2.45) is 5.92 Å². The molecule has 46 heavy (non-hydrogen) atoms. The van der Waals surface area contributed by atoms with Gasteiger partial charge in [0.1, 0.15) is 16.8 Å². The van der Waals surface area contributed by atoms with E-state index in [1.165, 1.54) is 34.1 Å². The van der Waals surface area contributed by atoms with Crippen molar-refractivity contribution in [2.75, 3.05) is 10.6 Å². The molecule has 234 valence electrons. The number of anilines is 2. The van der Waals surface area contributed by atoms with Gasteiger partial charge in [-0.05, 0) is 86.2 Å². The molecule has 3 aromatic carbocycles. The number of carbonyl (C=O) groups excluding carboxylic acids is 3. The van der Waals surface area contributed by atoms with Gasteiger partial charge in [-0.2, -0.15) is 5.26 Å². The van der Waals surface area contributed by atoms with E-state index < -0.39 is 17.1 Å². The molecular formula is C35H30Cl2N4O3S2. The van der Waals surface area contributed by atoms with Gasteiger partial charge in [-0.25, -0.2) is 0 Å². The largest absolute Gasteiger partial charge is 0.321 e. The second-order valence-electron chi connectivity index (χ2n) is 10.9. The number of nitriles is 1. The molecular weight excluding hydrogens is 659 g/mol. The van der Waals surface area contributed by atoms with Gasteiger partial charge < -0.3 is 16.0 Å². The number of carbonyl (C=O) groups is 3. The monoisotopic (exact) mass is 688 g/mol. The zero-order valence-corrected chi connectivity index (χ0v) is 28.2. The highest BCUT2D eigenvalue weighted by molar-refractivity contribution is 8.00. The summed E-state index contributed by atoms with van der Waals surface area (Å²) in [6.07, 6.45) is 4.25. The Balaban J connectivity index is 1.30. The standard InChI is InChI=1S/C35H30Cl2N4O3S2/c1-20-14-15-25-27(19-38)35(46-31(25)16-20)41-32(42)21(2)45-24-11-6-10-23(17-24)39-34(44)30(18-26-28(36)12-7-13-29(26)37)40-33(43)22-8-4-3-5-9-22/h3-13,17-18,20-21H,14-16H2,1-2H3,(H,39,44)(H,40,43)(H,41,42)/b30-18+. The Morgan fingerprint density at radius 2 is 1.74 bits per heavy atom. The average Bonchev–Trinajstić information content (AvgIpc) is 3.38. The number of hydrogen-bond acceptors (Lipinski definition) is 6. The second kappa shape index (κ2) is 15.0. The molecule has 3 amide bonds. The number of fused-ring (bicyclic) bond motifs is 1. The molecule has 0 radical (unpaired) electrons. The van der Waals surface area contributed by atoms with Crippen molar-refractivity contribution in [2.45, 2.75) is 43.3 Å². The summed E-state index contributed by atoms with van der Waals surface area (Å²) in [4.78, 5) is 41.6. The highest BCUT2D eigenvalue weighted by Gasteiger charge is 2.26. The first-order valence-corrected chi connectivity index (χ1v) is 17.0. The third kappa shape index (κ3) is 8.01. The number of hydrogen-bond donors (Lipinski definition) is 3. The van der Waals surface area contributed by atoms with E-state index in [-0.39, 0.29) is 11.6 Å². The molecule has 1 aliphatic rings. The summed E-state index contributed by atoms with van der Waals surface area (Å²) < 4.78 is 0. The fraction of sp³-hybridized carbons (Fsp3) is 0.200. The number of thioether (sulfide) groups is 1. The van der Waals surface area contributed by atoms with E-state index in [0.29, 0.717) is 43.3 Å². The molecule has 5 rings (SSSR count). The van der Waals surface area contributed by atoms with E-state index in [1.807, 2.05) is 6.07 Å². The van der Waals surface area contributed by atoms with Crippen LogP contribution in [0.3, 0.4) is 0 Å². The van der Waals surface area contributed by atoms with Gasteiger partial charge in [0.25, 0.3) is 11.8 Å². The van der Waals surface area contributed by atoms with Crippen LogP contribution in [0, 0.1) is 17.2 Å². The summed E-state index contributed by atoms with van der Waals surface area (Å²) >= 11 is 15.5. The van der Waals surface area contributed by atoms with Crippen LogP contribution in [0.1, 0.15) is 52.2 Å². The van der Waals surface area contributed by atoms with Crippen LogP contribution in [-0.2, 0) is 22.4 Å². The molecule has 0 bridgehead atoms. The zero-order valence-electron chi connectivity index (χ0n) is 25.0. The lowest BCUT2D eigenvalue weighted by Crippen LogP contribution is -2.30. The summed E-state index contributed by atoms with van der Waals surface area (Å²) in [5, 5.41) is 19.0. The van der Waals surface area contributed by atoms with Crippen molar-refractivity contribution in [1.82, 2.24) is 5.32 Å². The van der Waals surface area contributed by atoms with E-state index in [2.05, 4.69) is 28.9 Å². The SMILES string of the molecule is CC1CCc2c(sc(NC(=O)C(C)Sc3cccc(NC(=O)/C(=C\c4c(Cl)cccc4Cl)NC(=O)c4ccccc4)c3)c2C#N)C1. The molecule has 3 N–H and O–H groups in total. The smallest absolute Gasteiger partial charge is 0.272 e. The number of benzene rings is 3. The molecule has 2 atom stereocenters. The molecule has 4 aromatic rings. The number of thiophene rings is 1. The van der Waals surface area contributed by atoms with Crippen molar-refractivity contribution in [3.8, 4) is 6.07 Å².